The Bertz CT molecular complexity index is 443. The maximum absolute atomic E-state index is 11.8. The second-order valence-corrected chi connectivity index (χ2v) is 5.77. The molecule has 1 unspecified atom stereocenters. The van der Waals surface area contributed by atoms with Crippen LogP contribution in [0.5, 0.6) is 0 Å². The van der Waals surface area contributed by atoms with Crippen LogP contribution in [0.15, 0.2) is 18.2 Å². The molecule has 18 heavy (non-hydrogen) atoms. The minimum atomic E-state index is 0.0976. The average molecular weight is 286 g/mol. The molecule has 4 heteroatoms. The number of rotatable bonds is 5. The topological polar surface area (TPSA) is 29.1 Å². The van der Waals surface area contributed by atoms with Crippen LogP contribution in [-0.4, -0.2) is 11.9 Å². The fourth-order valence-corrected chi connectivity index (χ4v) is 2.52. The van der Waals surface area contributed by atoms with Crippen molar-refractivity contribution in [2.45, 2.75) is 38.6 Å². The second-order valence-electron chi connectivity index (χ2n) is 4.93. The summed E-state index contributed by atoms with van der Waals surface area (Å²) in [6, 6.07) is 5.69. The third-order valence-electron chi connectivity index (χ3n) is 3.35. The number of benzene rings is 1. The van der Waals surface area contributed by atoms with E-state index in [1.54, 1.807) is 12.1 Å². The molecule has 0 radical (unpaired) electrons. The maximum atomic E-state index is 11.8. The van der Waals surface area contributed by atoms with Gasteiger partial charge in [-0.2, -0.15) is 0 Å². The lowest BCUT2D eigenvalue weighted by Gasteiger charge is -2.12. The van der Waals surface area contributed by atoms with Crippen LogP contribution in [0.2, 0.25) is 10.0 Å². The zero-order chi connectivity index (χ0) is 13.1. The van der Waals surface area contributed by atoms with Crippen LogP contribution in [-0.2, 0) is 11.2 Å². The summed E-state index contributed by atoms with van der Waals surface area (Å²) in [7, 11) is 0. The van der Waals surface area contributed by atoms with Crippen LogP contribution in [0.25, 0.3) is 0 Å². The summed E-state index contributed by atoms with van der Waals surface area (Å²) in [5, 5.41) is 4.29. The van der Waals surface area contributed by atoms with Crippen molar-refractivity contribution in [2.75, 3.05) is 0 Å². The summed E-state index contributed by atoms with van der Waals surface area (Å²) in [4.78, 5) is 11.8. The molecule has 1 aliphatic rings. The number of aryl methyl sites for hydroxylation is 1. The second kappa shape index (κ2) is 5.94. The van der Waals surface area contributed by atoms with Gasteiger partial charge in [0.05, 0.1) is 0 Å². The van der Waals surface area contributed by atoms with Crippen molar-refractivity contribution < 1.29 is 4.79 Å². The lowest BCUT2D eigenvalue weighted by atomic mass is 10.1. The largest absolute Gasteiger partial charge is 0.353 e. The van der Waals surface area contributed by atoms with Gasteiger partial charge in [0.1, 0.15) is 0 Å². The molecule has 2 nitrogen and oxygen atoms in total. The minimum Gasteiger partial charge on any atom is -0.353 e. The van der Waals surface area contributed by atoms with E-state index < -0.39 is 0 Å². The molecular formula is C14H17Cl2NO. The number of hydrogen-bond acceptors (Lipinski definition) is 1. The van der Waals surface area contributed by atoms with Gasteiger partial charge in [-0.15, -0.1) is 0 Å². The standard InChI is InChI=1S/C14H17Cl2NO/c1-9(10-2-3-10)17-14(18)7-5-11-4-6-12(15)8-13(11)16/h4,6,8-10H,2-3,5,7H2,1H3,(H,17,18). The van der Waals surface area contributed by atoms with Gasteiger partial charge in [-0.25, -0.2) is 0 Å². The fraction of sp³-hybridized carbons (Fsp3) is 0.500. The molecule has 1 aromatic carbocycles. The maximum Gasteiger partial charge on any atom is 0.220 e. The summed E-state index contributed by atoms with van der Waals surface area (Å²) in [6.45, 7) is 2.07. The Morgan fingerprint density at radius 2 is 2.17 bits per heavy atom. The molecule has 1 fully saturated rings. The molecule has 98 valence electrons. The first-order valence-electron chi connectivity index (χ1n) is 6.29. The van der Waals surface area contributed by atoms with Gasteiger partial charge < -0.3 is 5.32 Å². The molecule has 0 heterocycles. The van der Waals surface area contributed by atoms with Crippen molar-refractivity contribution in [2.24, 2.45) is 5.92 Å². The number of hydrogen-bond donors (Lipinski definition) is 1. The molecular weight excluding hydrogens is 269 g/mol. The predicted molar refractivity (Wildman–Crippen MR) is 75.1 cm³/mol. The molecule has 1 aliphatic carbocycles. The highest BCUT2D eigenvalue weighted by Crippen LogP contribution is 2.32. The van der Waals surface area contributed by atoms with E-state index >= 15 is 0 Å². The van der Waals surface area contributed by atoms with Crippen molar-refractivity contribution in [3.05, 3.63) is 33.8 Å². The Hall–Kier alpha value is -0.730. The van der Waals surface area contributed by atoms with Gasteiger partial charge in [0.2, 0.25) is 5.91 Å². The summed E-state index contributed by atoms with van der Waals surface area (Å²) in [5.41, 5.74) is 0.968. The molecule has 1 atom stereocenters. The van der Waals surface area contributed by atoms with Crippen molar-refractivity contribution in [1.29, 1.82) is 0 Å². The lowest BCUT2D eigenvalue weighted by Crippen LogP contribution is -2.34. The Morgan fingerprint density at radius 1 is 1.44 bits per heavy atom. The highest BCUT2D eigenvalue weighted by molar-refractivity contribution is 6.35. The van der Waals surface area contributed by atoms with Gasteiger partial charge in [-0.3, -0.25) is 4.79 Å². The lowest BCUT2D eigenvalue weighted by molar-refractivity contribution is -0.121. The van der Waals surface area contributed by atoms with Crippen LogP contribution in [0.3, 0.4) is 0 Å². The first-order valence-corrected chi connectivity index (χ1v) is 7.05. The third kappa shape index (κ3) is 3.89. The summed E-state index contributed by atoms with van der Waals surface area (Å²) >= 11 is 11.9. The Balaban J connectivity index is 1.81. The summed E-state index contributed by atoms with van der Waals surface area (Å²) < 4.78 is 0. The van der Waals surface area contributed by atoms with Crippen molar-refractivity contribution in [3.8, 4) is 0 Å². The molecule has 0 aliphatic heterocycles. The fourth-order valence-electron chi connectivity index (χ4n) is 2.01. The number of halogens is 2. The number of nitrogens with one attached hydrogen (secondary N) is 1. The molecule has 1 aromatic rings. The van der Waals surface area contributed by atoms with Gasteiger partial charge in [-0.05, 0) is 49.8 Å². The van der Waals surface area contributed by atoms with Gasteiger partial charge >= 0.3 is 0 Å². The van der Waals surface area contributed by atoms with E-state index in [0.717, 1.165) is 5.56 Å². The Morgan fingerprint density at radius 3 is 2.78 bits per heavy atom. The molecule has 1 saturated carbocycles. The number of amides is 1. The van der Waals surface area contributed by atoms with Crippen LogP contribution in [0.1, 0.15) is 31.7 Å². The van der Waals surface area contributed by atoms with E-state index in [9.17, 15) is 4.79 Å². The van der Waals surface area contributed by atoms with Gasteiger partial charge in [0.25, 0.3) is 0 Å². The molecule has 0 spiro atoms. The van der Waals surface area contributed by atoms with Gasteiger partial charge in [-0.1, -0.05) is 29.3 Å². The van der Waals surface area contributed by atoms with Crippen molar-refractivity contribution in [3.63, 3.8) is 0 Å². The molecule has 2 rings (SSSR count). The SMILES string of the molecule is CC(NC(=O)CCc1ccc(Cl)cc1Cl)C1CC1. The normalized spacial score (nSPS) is 16.4. The Labute approximate surface area is 118 Å². The van der Waals surface area contributed by atoms with E-state index in [2.05, 4.69) is 12.2 Å². The van der Waals surface area contributed by atoms with Gasteiger partial charge in [0, 0.05) is 22.5 Å². The highest BCUT2D eigenvalue weighted by atomic mass is 35.5. The first kappa shape index (κ1) is 13.7. The molecule has 0 bridgehead atoms. The molecule has 0 aromatic heterocycles. The highest BCUT2D eigenvalue weighted by Gasteiger charge is 2.28. The van der Waals surface area contributed by atoms with Gasteiger partial charge in [0.15, 0.2) is 0 Å². The smallest absolute Gasteiger partial charge is 0.220 e. The molecule has 1 amide bonds. The van der Waals surface area contributed by atoms with E-state index in [-0.39, 0.29) is 5.91 Å². The van der Waals surface area contributed by atoms with E-state index in [0.29, 0.717) is 34.8 Å². The monoisotopic (exact) mass is 285 g/mol. The van der Waals surface area contributed by atoms with Crippen molar-refractivity contribution in [1.82, 2.24) is 5.32 Å². The minimum absolute atomic E-state index is 0.0976. The summed E-state index contributed by atoms with van der Waals surface area (Å²) in [5.74, 6) is 0.786. The van der Waals surface area contributed by atoms with Crippen LogP contribution < -0.4 is 5.32 Å². The number of carbonyl (C=O) groups is 1. The van der Waals surface area contributed by atoms with Crippen LogP contribution >= 0.6 is 23.2 Å². The third-order valence-corrected chi connectivity index (χ3v) is 3.94. The van der Waals surface area contributed by atoms with Crippen LogP contribution in [0.4, 0.5) is 0 Å². The molecule has 1 N–H and O–H groups in total. The van der Waals surface area contributed by atoms with E-state index in [4.69, 9.17) is 23.2 Å². The first-order chi connectivity index (χ1) is 8.56. The van der Waals surface area contributed by atoms with Crippen LogP contribution in [0, 0.1) is 5.92 Å². The summed E-state index contributed by atoms with van der Waals surface area (Å²) in [6.07, 6.45) is 3.60. The average Bonchev–Trinajstić information content (AvgIpc) is 3.11. The predicted octanol–water partition coefficient (Wildman–Crippen LogP) is 3.84. The zero-order valence-corrected chi connectivity index (χ0v) is 11.9. The molecule has 0 saturated heterocycles. The quantitative estimate of drug-likeness (QED) is 0.875. The zero-order valence-electron chi connectivity index (χ0n) is 10.4. The van der Waals surface area contributed by atoms with E-state index in [1.165, 1.54) is 12.8 Å². The Kier molecular flexibility index (Phi) is 4.52. The number of carbonyl (C=O) groups excluding carboxylic acids is 1. The van der Waals surface area contributed by atoms with E-state index in [1.807, 2.05) is 6.07 Å². The van der Waals surface area contributed by atoms with Crippen molar-refractivity contribution >= 4 is 29.1 Å².